The Balaban J connectivity index is 2.10. The first kappa shape index (κ1) is 16.8. The number of hydrogen-bond acceptors (Lipinski definition) is 3. The molecule has 0 aliphatic carbocycles. The molecule has 0 aliphatic heterocycles. The van der Waals surface area contributed by atoms with Crippen molar-refractivity contribution in [1.82, 2.24) is 9.38 Å². The highest BCUT2D eigenvalue weighted by Crippen LogP contribution is 2.28. The number of aromatic nitrogens is 2. The average Bonchev–Trinajstić information content (AvgIpc) is 2.98. The highest BCUT2D eigenvalue weighted by molar-refractivity contribution is 5.87. The minimum Gasteiger partial charge on any atom is -0.494 e. The minimum absolute atomic E-state index is 0.680. The van der Waals surface area contributed by atoms with Crippen molar-refractivity contribution in [2.45, 2.75) is 20.3 Å². The molecular formula is C20H20N2O3. The Hall–Kier alpha value is -3.08. The van der Waals surface area contributed by atoms with Crippen LogP contribution in [0.5, 0.6) is 5.75 Å². The lowest BCUT2D eigenvalue weighted by atomic mass is 10.1. The first-order chi connectivity index (χ1) is 12.1. The van der Waals surface area contributed by atoms with E-state index >= 15 is 0 Å². The maximum atomic E-state index is 11.0. The number of carboxylic acid groups (broad SMARTS) is 1. The second kappa shape index (κ2) is 7.21. The molecule has 0 atom stereocenters. The maximum Gasteiger partial charge on any atom is 0.328 e. The van der Waals surface area contributed by atoms with Gasteiger partial charge in [-0.25, -0.2) is 9.78 Å². The number of aliphatic carboxylic acids is 1. The van der Waals surface area contributed by atoms with Gasteiger partial charge in [0.15, 0.2) is 0 Å². The van der Waals surface area contributed by atoms with Crippen LogP contribution in [0.4, 0.5) is 0 Å². The van der Waals surface area contributed by atoms with E-state index in [4.69, 9.17) is 14.8 Å². The van der Waals surface area contributed by atoms with Crippen LogP contribution in [0.3, 0.4) is 0 Å². The fourth-order valence-electron chi connectivity index (χ4n) is 2.73. The second-order valence-corrected chi connectivity index (χ2v) is 5.75. The van der Waals surface area contributed by atoms with Crippen LogP contribution in [0.25, 0.3) is 23.0 Å². The molecule has 0 unspecified atom stereocenters. The number of imidazole rings is 1. The van der Waals surface area contributed by atoms with Gasteiger partial charge >= 0.3 is 5.97 Å². The third kappa shape index (κ3) is 3.55. The molecule has 25 heavy (non-hydrogen) atoms. The zero-order chi connectivity index (χ0) is 17.8. The molecule has 0 spiro atoms. The van der Waals surface area contributed by atoms with Crippen LogP contribution in [0.2, 0.25) is 0 Å². The summed E-state index contributed by atoms with van der Waals surface area (Å²) in [6.07, 6.45) is 3.68. The SMILES string of the molecule is CCCOc1ccc(-c2nc3cccc(C)n3c2/C=C/C(=O)O)cc1. The average molecular weight is 336 g/mol. The number of pyridine rings is 1. The first-order valence-corrected chi connectivity index (χ1v) is 8.22. The number of carboxylic acids is 1. The van der Waals surface area contributed by atoms with Gasteiger partial charge in [0, 0.05) is 17.3 Å². The molecule has 1 N–H and O–H groups in total. The summed E-state index contributed by atoms with van der Waals surface area (Å²) in [5.74, 6) is -0.175. The van der Waals surface area contributed by atoms with E-state index in [-0.39, 0.29) is 0 Å². The van der Waals surface area contributed by atoms with Gasteiger partial charge in [-0.15, -0.1) is 0 Å². The number of aryl methyl sites for hydroxylation is 1. The molecule has 128 valence electrons. The maximum absolute atomic E-state index is 11.0. The number of ether oxygens (including phenoxy) is 1. The third-order valence-corrected chi connectivity index (χ3v) is 3.86. The van der Waals surface area contributed by atoms with E-state index < -0.39 is 5.97 Å². The Kier molecular flexibility index (Phi) is 4.84. The summed E-state index contributed by atoms with van der Waals surface area (Å²) in [6.45, 7) is 4.71. The van der Waals surface area contributed by atoms with E-state index in [0.717, 1.165) is 46.5 Å². The molecule has 0 saturated carbocycles. The zero-order valence-electron chi connectivity index (χ0n) is 14.3. The summed E-state index contributed by atoms with van der Waals surface area (Å²) in [4.78, 5) is 15.7. The van der Waals surface area contributed by atoms with E-state index in [0.29, 0.717) is 6.61 Å². The van der Waals surface area contributed by atoms with Crippen molar-refractivity contribution >= 4 is 17.7 Å². The first-order valence-electron chi connectivity index (χ1n) is 8.22. The largest absolute Gasteiger partial charge is 0.494 e. The molecule has 3 rings (SSSR count). The number of fused-ring (bicyclic) bond motifs is 1. The Morgan fingerprint density at radius 2 is 2.00 bits per heavy atom. The van der Waals surface area contributed by atoms with Gasteiger partial charge in [-0.3, -0.25) is 4.40 Å². The van der Waals surface area contributed by atoms with Gasteiger partial charge in [-0.1, -0.05) is 13.0 Å². The van der Waals surface area contributed by atoms with Gasteiger partial charge in [-0.2, -0.15) is 0 Å². The van der Waals surface area contributed by atoms with Crippen molar-refractivity contribution in [1.29, 1.82) is 0 Å². The predicted octanol–water partition coefficient (Wildman–Crippen LogP) is 4.20. The van der Waals surface area contributed by atoms with Gasteiger partial charge < -0.3 is 9.84 Å². The van der Waals surface area contributed by atoms with E-state index in [9.17, 15) is 4.79 Å². The van der Waals surface area contributed by atoms with Crippen LogP contribution in [0.1, 0.15) is 24.7 Å². The Labute approximate surface area is 146 Å². The lowest BCUT2D eigenvalue weighted by Gasteiger charge is -2.06. The standard InChI is InChI=1S/C20H20N2O3/c1-3-13-25-16-9-7-15(8-10-16)20-17(11-12-19(23)24)22-14(2)5-4-6-18(22)21-20/h4-12H,3,13H2,1-2H3,(H,23,24)/b12-11+. The number of nitrogens with zero attached hydrogens (tertiary/aromatic N) is 2. The molecular weight excluding hydrogens is 316 g/mol. The van der Waals surface area contributed by atoms with E-state index in [1.807, 2.05) is 53.8 Å². The summed E-state index contributed by atoms with van der Waals surface area (Å²) in [5.41, 5.74) is 4.18. The van der Waals surface area contributed by atoms with Gasteiger partial charge in [0.05, 0.1) is 18.0 Å². The fourth-order valence-corrected chi connectivity index (χ4v) is 2.73. The predicted molar refractivity (Wildman–Crippen MR) is 97.8 cm³/mol. The molecule has 0 fully saturated rings. The van der Waals surface area contributed by atoms with Gasteiger partial charge in [-0.05, 0) is 55.8 Å². The molecule has 3 aromatic rings. The number of carbonyl (C=O) groups is 1. The monoisotopic (exact) mass is 336 g/mol. The smallest absolute Gasteiger partial charge is 0.328 e. The normalized spacial score (nSPS) is 11.3. The summed E-state index contributed by atoms with van der Waals surface area (Å²) >= 11 is 0. The van der Waals surface area contributed by atoms with Crippen molar-refractivity contribution < 1.29 is 14.6 Å². The number of hydrogen-bond donors (Lipinski definition) is 1. The number of rotatable bonds is 6. The number of benzene rings is 1. The molecule has 2 heterocycles. The molecule has 0 bridgehead atoms. The van der Waals surface area contributed by atoms with Crippen molar-refractivity contribution in [3.05, 3.63) is 59.9 Å². The van der Waals surface area contributed by atoms with Crippen LogP contribution in [-0.2, 0) is 4.79 Å². The van der Waals surface area contributed by atoms with Crippen LogP contribution in [0, 0.1) is 6.92 Å². The Morgan fingerprint density at radius 3 is 2.68 bits per heavy atom. The summed E-state index contributed by atoms with van der Waals surface area (Å²) in [6, 6.07) is 13.5. The third-order valence-electron chi connectivity index (χ3n) is 3.86. The van der Waals surface area contributed by atoms with Crippen molar-refractivity contribution in [3.8, 4) is 17.0 Å². The second-order valence-electron chi connectivity index (χ2n) is 5.75. The molecule has 0 amide bonds. The van der Waals surface area contributed by atoms with Crippen molar-refractivity contribution in [2.24, 2.45) is 0 Å². The molecule has 0 aliphatic rings. The zero-order valence-corrected chi connectivity index (χ0v) is 14.3. The minimum atomic E-state index is -0.988. The van der Waals surface area contributed by atoms with E-state index in [1.165, 1.54) is 0 Å². The van der Waals surface area contributed by atoms with Crippen LogP contribution in [0.15, 0.2) is 48.5 Å². The summed E-state index contributed by atoms with van der Waals surface area (Å²) < 4.78 is 7.57. The van der Waals surface area contributed by atoms with Gasteiger partial charge in [0.25, 0.3) is 0 Å². The highest BCUT2D eigenvalue weighted by atomic mass is 16.5. The van der Waals surface area contributed by atoms with Gasteiger partial charge in [0.1, 0.15) is 11.4 Å². The summed E-state index contributed by atoms with van der Waals surface area (Å²) in [7, 11) is 0. The molecule has 1 aromatic carbocycles. The van der Waals surface area contributed by atoms with Crippen LogP contribution >= 0.6 is 0 Å². The molecule has 0 saturated heterocycles. The van der Waals surface area contributed by atoms with Crippen molar-refractivity contribution in [3.63, 3.8) is 0 Å². The van der Waals surface area contributed by atoms with Crippen molar-refractivity contribution in [2.75, 3.05) is 6.61 Å². The Morgan fingerprint density at radius 1 is 1.24 bits per heavy atom. The van der Waals surface area contributed by atoms with E-state index in [1.54, 1.807) is 6.08 Å². The fraction of sp³-hybridized carbons (Fsp3) is 0.200. The topological polar surface area (TPSA) is 63.8 Å². The quantitative estimate of drug-likeness (QED) is 0.685. The lowest BCUT2D eigenvalue weighted by Crippen LogP contribution is -1.95. The molecule has 5 heteroatoms. The molecule has 2 aromatic heterocycles. The Bertz CT molecular complexity index is 924. The van der Waals surface area contributed by atoms with Crippen LogP contribution < -0.4 is 4.74 Å². The van der Waals surface area contributed by atoms with Gasteiger partial charge in [0.2, 0.25) is 0 Å². The van der Waals surface area contributed by atoms with Crippen LogP contribution in [-0.4, -0.2) is 27.1 Å². The lowest BCUT2D eigenvalue weighted by molar-refractivity contribution is -0.131. The van der Waals surface area contributed by atoms with E-state index in [2.05, 4.69) is 6.92 Å². The summed E-state index contributed by atoms with van der Waals surface area (Å²) in [5, 5.41) is 9.00. The molecule has 0 radical (unpaired) electrons. The highest BCUT2D eigenvalue weighted by Gasteiger charge is 2.13. The molecule has 5 nitrogen and oxygen atoms in total.